The fraction of sp³-hybridized carbons (Fsp3) is 0.500. The summed E-state index contributed by atoms with van der Waals surface area (Å²) in [5.74, 6) is 0.0307. The molecule has 0 radical (unpaired) electrons. The van der Waals surface area contributed by atoms with Gasteiger partial charge < -0.3 is 5.32 Å². The van der Waals surface area contributed by atoms with Crippen molar-refractivity contribution in [2.24, 2.45) is 5.92 Å². The van der Waals surface area contributed by atoms with Crippen LogP contribution in [0.5, 0.6) is 0 Å². The van der Waals surface area contributed by atoms with Crippen molar-refractivity contribution in [2.45, 2.75) is 19.8 Å². The Labute approximate surface area is 103 Å². The molecule has 0 aromatic carbocycles. The van der Waals surface area contributed by atoms with Crippen molar-refractivity contribution in [1.82, 2.24) is 9.97 Å². The van der Waals surface area contributed by atoms with Crippen LogP contribution in [0.15, 0.2) is 6.20 Å². The standard InChI is InChI=1S/C10H11ClF2N4/c1-6(2-8(12)13)4-15-10-16-5-7(3-14)9(11)17-10/h5-6,8H,2,4H2,1H3,(H,15,16,17)/t6-/m0/s1. The summed E-state index contributed by atoms with van der Waals surface area (Å²) in [7, 11) is 0. The minimum Gasteiger partial charge on any atom is -0.354 e. The van der Waals surface area contributed by atoms with E-state index in [1.54, 1.807) is 6.92 Å². The van der Waals surface area contributed by atoms with E-state index in [9.17, 15) is 8.78 Å². The van der Waals surface area contributed by atoms with Gasteiger partial charge in [0.1, 0.15) is 11.6 Å². The summed E-state index contributed by atoms with van der Waals surface area (Å²) in [4.78, 5) is 7.67. The summed E-state index contributed by atoms with van der Waals surface area (Å²) in [6.07, 6.45) is -1.22. The molecule has 0 bridgehead atoms. The molecule has 0 spiro atoms. The molecular weight excluding hydrogens is 250 g/mol. The van der Waals surface area contributed by atoms with Gasteiger partial charge in [-0.15, -0.1) is 0 Å². The number of rotatable bonds is 5. The summed E-state index contributed by atoms with van der Waals surface area (Å²) in [6, 6.07) is 1.83. The topological polar surface area (TPSA) is 61.6 Å². The third-order valence-corrected chi connectivity index (χ3v) is 2.34. The molecule has 1 aromatic rings. The normalized spacial score (nSPS) is 12.2. The Kier molecular flexibility index (Phi) is 5.04. The number of nitriles is 1. The van der Waals surface area contributed by atoms with Gasteiger partial charge in [-0.2, -0.15) is 10.2 Å². The monoisotopic (exact) mass is 260 g/mol. The second kappa shape index (κ2) is 6.30. The second-order valence-electron chi connectivity index (χ2n) is 3.62. The van der Waals surface area contributed by atoms with Crippen LogP contribution in [-0.2, 0) is 0 Å². The van der Waals surface area contributed by atoms with E-state index in [1.165, 1.54) is 6.20 Å². The first-order valence-corrected chi connectivity index (χ1v) is 5.35. The molecule has 7 heteroatoms. The van der Waals surface area contributed by atoms with Crippen LogP contribution >= 0.6 is 11.6 Å². The molecule has 1 aromatic heterocycles. The van der Waals surface area contributed by atoms with E-state index in [2.05, 4.69) is 15.3 Å². The number of alkyl halides is 2. The Hall–Kier alpha value is -1.48. The van der Waals surface area contributed by atoms with Gasteiger partial charge in [-0.25, -0.2) is 13.8 Å². The molecule has 4 nitrogen and oxygen atoms in total. The van der Waals surface area contributed by atoms with Crippen LogP contribution in [0.2, 0.25) is 5.15 Å². The molecule has 1 N–H and O–H groups in total. The minimum absolute atomic E-state index is 0.0477. The lowest BCUT2D eigenvalue weighted by Crippen LogP contribution is -2.15. The van der Waals surface area contributed by atoms with Gasteiger partial charge in [0.2, 0.25) is 12.4 Å². The van der Waals surface area contributed by atoms with E-state index in [4.69, 9.17) is 16.9 Å². The smallest absolute Gasteiger partial charge is 0.239 e. The van der Waals surface area contributed by atoms with Crippen LogP contribution in [0.1, 0.15) is 18.9 Å². The highest BCUT2D eigenvalue weighted by atomic mass is 35.5. The van der Waals surface area contributed by atoms with Crippen molar-refractivity contribution < 1.29 is 8.78 Å². The number of hydrogen-bond acceptors (Lipinski definition) is 4. The number of anilines is 1. The zero-order valence-corrected chi connectivity index (χ0v) is 9.88. The van der Waals surface area contributed by atoms with Gasteiger partial charge in [0.15, 0.2) is 5.15 Å². The molecule has 0 aliphatic rings. The van der Waals surface area contributed by atoms with Crippen molar-refractivity contribution in [3.8, 4) is 6.07 Å². The zero-order chi connectivity index (χ0) is 12.8. The molecule has 1 heterocycles. The van der Waals surface area contributed by atoms with Gasteiger partial charge in [0.05, 0.1) is 6.20 Å². The summed E-state index contributed by atoms with van der Waals surface area (Å²) in [6.45, 7) is 2.02. The first-order chi connectivity index (χ1) is 8.02. The zero-order valence-electron chi connectivity index (χ0n) is 9.12. The highest BCUT2D eigenvalue weighted by Crippen LogP contribution is 2.14. The molecule has 0 saturated carbocycles. The van der Waals surface area contributed by atoms with Gasteiger partial charge in [0, 0.05) is 13.0 Å². The van der Waals surface area contributed by atoms with Crippen molar-refractivity contribution >= 4 is 17.5 Å². The van der Waals surface area contributed by atoms with Crippen LogP contribution in [0.25, 0.3) is 0 Å². The SMILES string of the molecule is C[C@H](CNc1ncc(C#N)c(Cl)n1)CC(F)F. The maximum Gasteiger partial charge on any atom is 0.239 e. The van der Waals surface area contributed by atoms with Crippen LogP contribution in [0.4, 0.5) is 14.7 Å². The van der Waals surface area contributed by atoms with Crippen molar-refractivity contribution in [3.63, 3.8) is 0 Å². The largest absolute Gasteiger partial charge is 0.354 e. The quantitative estimate of drug-likeness (QED) is 0.827. The molecule has 0 aliphatic heterocycles. The van der Waals surface area contributed by atoms with E-state index < -0.39 is 6.43 Å². The van der Waals surface area contributed by atoms with Crippen LogP contribution < -0.4 is 5.32 Å². The lowest BCUT2D eigenvalue weighted by Gasteiger charge is -2.11. The lowest BCUT2D eigenvalue weighted by atomic mass is 10.1. The predicted octanol–water partition coefficient (Wildman–Crippen LogP) is 2.70. The van der Waals surface area contributed by atoms with E-state index in [0.717, 1.165) is 0 Å². The molecule has 1 atom stereocenters. The van der Waals surface area contributed by atoms with Crippen molar-refractivity contribution in [1.29, 1.82) is 5.26 Å². The number of aromatic nitrogens is 2. The second-order valence-corrected chi connectivity index (χ2v) is 3.98. The van der Waals surface area contributed by atoms with Gasteiger partial charge in [-0.1, -0.05) is 18.5 Å². The summed E-state index contributed by atoms with van der Waals surface area (Å²) >= 11 is 5.70. The Morgan fingerprint density at radius 3 is 2.82 bits per heavy atom. The van der Waals surface area contributed by atoms with Crippen molar-refractivity contribution in [2.75, 3.05) is 11.9 Å². The molecule has 17 heavy (non-hydrogen) atoms. The summed E-state index contributed by atoms with van der Waals surface area (Å²) in [5, 5.41) is 11.4. The Morgan fingerprint density at radius 2 is 2.29 bits per heavy atom. The number of halogens is 3. The molecule has 0 fully saturated rings. The Bertz CT molecular complexity index is 419. The van der Waals surface area contributed by atoms with Gasteiger partial charge in [-0.05, 0) is 5.92 Å². The Balaban J connectivity index is 2.53. The fourth-order valence-corrected chi connectivity index (χ4v) is 1.35. The van der Waals surface area contributed by atoms with Crippen LogP contribution in [0.3, 0.4) is 0 Å². The van der Waals surface area contributed by atoms with Gasteiger partial charge >= 0.3 is 0 Å². The fourth-order valence-electron chi connectivity index (χ4n) is 1.17. The maximum atomic E-state index is 12.1. The predicted molar refractivity (Wildman–Crippen MR) is 60.0 cm³/mol. The van der Waals surface area contributed by atoms with Gasteiger partial charge in [-0.3, -0.25) is 0 Å². The summed E-state index contributed by atoms with van der Waals surface area (Å²) < 4.78 is 24.1. The van der Waals surface area contributed by atoms with E-state index in [0.29, 0.717) is 6.54 Å². The highest BCUT2D eigenvalue weighted by Gasteiger charge is 2.11. The molecule has 0 unspecified atom stereocenters. The third kappa shape index (κ3) is 4.49. The number of nitrogens with zero attached hydrogens (tertiary/aromatic N) is 3. The van der Waals surface area contributed by atoms with Crippen LogP contribution in [0, 0.1) is 17.2 Å². The molecular formula is C10H11ClF2N4. The highest BCUT2D eigenvalue weighted by molar-refractivity contribution is 6.30. The molecule has 0 aliphatic carbocycles. The maximum absolute atomic E-state index is 12.1. The molecule has 1 rings (SSSR count). The molecule has 0 amide bonds. The van der Waals surface area contributed by atoms with E-state index in [1.807, 2.05) is 6.07 Å². The molecule has 92 valence electrons. The average molecular weight is 261 g/mol. The third-order valence-electron chi connectivity index (χ3n) is 2.05. The van der Waals surface area contributed by atoms with E-state index in [-0.39, 0.29) is 29.0 Å². The lowest BCUT2D eigenvalue weighted by molar-refractivity contribution is 0.120. The first-order valence-electron chi connectivity index (χ1n) is 4.97. The Morgan fingerprint density at radius 1 is 1.59 bits per heavy atom. The molecule has 0 saturated heterocycles. The summed E-state index contributed by atoms with van der Waals surface area (Å²) in [5.41, 5.74) is 0.179. The van der Waals surface area contributed by atoms with Crippen LogP contribution in [-0.4, -0.2) is 22.9 Å². The van der Waals surface area contributed by atoms with Gasteiger partial charge in [0.25, 0.3) is 0 Å². The number of hydrogen-bond donors (Lipinski definition) is 1. The van der Waals surface area contributed by atoms with Crippen molar-refractivity contribution in [3.05, 3.63) is 16.9 Å². The average Bonchev–Trinajstić information content (AvgIpc) is 2.25. The minimum atomic E-state index is -2.32. The first kappa shape index (κ1) is 13.6. The van der Waals surface area contributed by atoms with E-state index >= 15 is 0 Å². The number of nitrogens with one attached hydrogen (secondary N) is 1.